The van der Waals surface area contributed by atoms with Crippen molar-refractivity contribution < 1.29 is 14.1 Å². The number of carbonyl (C=O) groups is 1. The van der Waals surface area contributed by atoms with Crippen molar-refractivity contribution in [3.05, 3.63) is 65.0 Å². The average Bonchev–Trinajstić information content (AvgIpc) is 3.42. The van der Waals surface area contributed by atoms with Crippen LogP contribution >= 0.6 is 11.6 Å². The van der Waals surface area contributed by atoms with Gasteiger partial charge in [-0.2, -0.15) is 4.98 Å². The number of ether oxygens (including phenoxy) is 1. The van der Waals surface area contributed by atoms with Crippen LogP contribution < -0.4 is 4.74 Å². The second-order valence-corrected chi connectivity index (χ2v) is 7.44. The van der Waals surface area contributed by atoms with E-state index in [1.807, 2.05) is 47.4 Å². The van der Waals surface area contributed by atoms with Crippen LogP contribution in [0, 0.1) is 0 Å². The van der Waals surface area contributed by atoms with Crippen LogP contribution in [0.3, 0.4) is 0 Å². The van der Waals surface area contributed by atoms with Crippen LogP contribution in [-0.2, 0) is 11.2 Å². The zero-order valence-corrected chi connectivity index (χ0v) is 16.9. The maximum Gasteiger partial charge on any atom is 0.249 e. The second kappa shape index (κ2) is 8.66. The summed E-state index contributed by atoms with van der Waals surface area (Å²) in [6, 6.07) is 15.0. The molecule has 1 aliphatic rings. The van der Waals surface area contributed by atoms with Crippen molar-refractivity contribution in [2.75, 3.05) is 13.7 Å². The molecule has 0 unspecified atom stereocenters. The van der Waals surface area contributed by atoms with E-state index in [1.54, 1.807) is 13.2 Å². The maximum atomic E-state index is 12.8. The average molecular weight is 412 g/mol. The Morgan fingerprint density at radius 1 is 1.24 bits per heavy atom. The highest BCUT2D eigenvalue weighted by atomic mass is 35.5. The lowest BCUT2D eigenvalue weighted by molar-refractivity contribution is -0.132. The number of hydrogen-bond acceptors (Lipinski definition) is 5. The Balaban J connectivity index is 1.43. The van der Waals surface area contributed by atoms with Gasteiger partial charge in [0.05, 0.1) is 12.1 Å². The van der Waals surface area contributed by atoms with Gasteiger partial charge in [0.2, 0.25) is 17.6 Å². The second-order valence-electron chi connectivity index (χ2n) is 7.03. The molecule has 0 bridgehead atoms. The van der Waals surface area contributed by atoms with Gasteiger partial charge in [-0.05, 0) is 49.1 Å². The minimum Gasteiger partial charge on any atom is -0.497 e. The van der Waals surface area contributed by atoms with Gasteiger partial charge in [-0.3, -0.25) is 4.79 Å². The molecule has 1 saturated heterocycles. The molecule has 0 saturated carbocycles. The smallest absolute Gasteiger partial charge is 0.249 e. The van der Waals surface area contributed by atoms with Crippen LogP contribution in [0.25, 0.3) is 11.4 Å². The number of aryl methyl sites for hydroxylation is 1. The first-order chi connectivity index (χ1) is 14.2. The van der Waals surface area contributed by atoms with Crippen LogP contribution in [0.15, 0.2) is 53.1 Å². The van der Waals surface area contributed by atoms with Crippen LogP contribution in [-0.4, -0.2) is 34.6 Å². The molecule has 7 heteroatoms. The van der Waals surface area contributed by atoms with Crippen molar-refractivity contribution >= 4 is 17.5 Å². The van der Waals surface area contributed by atoms with Crippen molar-refractivity contribution in [2.45, 2.75) is 31.7 Å². The van der Waals surface area contributed by atoms with E-state index in [0.29, 0.717) is 36.1 Å². The molecule has 0 N–H and O–H groups in total. The van der Waals surface area contributed by atoms with Crippen LogP contribution in [0.4, 0.5) is 0 Å². The van der Waals surface area contributed by atoms with E-state index in [9.17, 15) is 4.79 Å². The standard InChI is InChI=1S/C22H22ClN3O3/c1-28-16-11-8-15(9-12-16)10-13-20(27)26-14-4-7-19(26)22-24-21(25-29-22)17-5-2-3-6-18(17)23/h2-3,5-6,8-9,11-12,19H,4,7,10,13-14H2,1H3/t19-/m1/s1. The Hall–Kier alpha value is -2.86. The molecular weight excluding hydrogens is 390 g/mol. The van der Waals surface area contributed by atoms with Crippen LogP contribution in [0.1, 0.15) is 36.8 Å². The highest BCUT2D eigenvalue weighted by Crippen LogP contribution is 2.33. The molecule has 1 amide bonds. The topological polar surface area (TPSA) is 68.5 Å². The van der Waals surface area contributed by atoms with Gasteiger partial charge < -0.3 is 14.2 Å². The number of likely N-dealkylation sites (tertiary alicyclic amines) is 1. The fourth-order valence-electron chi connectivity index (χ4n) is 3.63. The normalized spacial score (nSPS) is 16.2. The Morgan fingerprint density at radius 2 is 2.03 bits per heavy atom. The minimum absolute atomic E-state index is 0.0980. The third kappa shape index (κ3) is 4.27. The monoisotopic (exact) mass is 411 g/mol. The van der Waals surface area contributed by atoms with E-state index in [2.05, 4.69) is 10.1 Å². The Kier molecular flexibility index (Phi) is 5.81. The third-order valence-corrected chi connectivity index (χ3v) is 5.53. The number of amides is 1. The molecule has 0 radical (unpaired) electrons. The lowest BCUT2D eigenvalue weighted by Crippen LogP contribution is -2.30. The number of nitrogens with zero attached hydrogens (tertiary/aromatic N) is 3. The van der Waals surface area contributed by atoms with E-state index in [-0.39, 0.29) is 11.9 Å². The largest absolute Gasteiger partial charge is 0.497 e. The fraction of sp³-hybridized carbons (Fsp3) is 0.318. The summed E-state index contributed by atoms with van der Waals surface area (Å²) >= 11 is 6.23. The molecule has 2 heterocycles. The first-order valence-corrected chi connectivity index (χ1v) is 10.0. The molecule has 1 aliphatic heterocycles. The summed E-state index contributed by atoms with van der Waals surface area (Å²) in [5.41, 5.74) is 1.83. The highest BCUT2D eigenvalue weighted by molar-refractivity contribution is 6.33. The van der Waals surface area contributed by atoms with E-state index in [1.165, 1.54) is 0 Å². The highest BCUT2D eigenvalue weighted by Gasteiger charge is 2.33. The van der Waals surface area contributed by atoms with Crippen molar-refractivity contribution in [3.8, 4) is 17.1 Å². The molecule has 2 aromatic carbocycles. The number of carbonyl (C=O) groups excluding carboxylic acids is 1. The Morgan fingerprint density at radius 3 is 2.79 bits per heavy atom. The quantitative estimate of drug-likeness (QED) is 0.588. The molecule has 3 aromatic rings. The van der Waals surface area contributed by atoms with Gasteiger partial charge in [-0.1, -0.05) is 41.0 Å². The number of aromatic nitrogens is 2. The zero-order chi connectivity index (χ0) is 20.2. The summed E-state index contributed by atoms with van der Waals surface area (Å²) in [7, 11) is 1.64. The van der Waals surface area contributed by atoms with Crippen LogP contribution in [0.2, 0.25) is 5.02 Å². The van der Waals surface area contributed by atoms with Gasteiger partial charge in [0.25, 0.3) is 0 Å². The van der Waals surface area contributed by atoms with Gasteiger partial charge in [0.15, 0.2) is 0 Å². The number of benzene rings is 2. The maximum absolute atomic E-state index is 12.8. The minimum atomic E-state index is -0.179. The van der Waals surface area contributed by atoms with Gasteiger partial charge in [-0.15, -0.1) is 0 Å². The summed E-state index contributed by atoms with van der Waals surface area (Å²) in [5.74, 6) is 1.82. The summed E-state index contributed by atoms with van der Waals surface area (Å²) < 4.78 is 10.7. The van der Waals surface area contributed by atoms with Crippen LogP contribution in [0.5, 0.6) is 5.75 Å². The lowest BCUT2D eigenvalue weighted by atomic mass is 10.1. The van der Waals surface area contributed by atoms with E-state index in [0.717, 1.165) is 29.7 Å². The Bertz CT molecular complexity index is 987. The van der Waals surface area contributed by atoms with E-state index >= 15 is 0 Å². The summed E-state index contributed by atoms with van der Waals surface area (Å²) in [6.45, 7) is 0.704. The number of rotatable bonds is 6. The summed E-state index contributed by atoms with van der Waals surface area (Å²) in [5, 5.41) is 4.64. The summed E-state index contributed by atoms with van der Waals surface area (Å²) in [4.78, 5) is 19.2. The van der Waals surface area contributed by atoms with Gasteiger partial charge in [-0.25, -0.2) is 0 Å². The van der Waals surface area contributed by atoms with Crippen molar-refractivity contribution in [1.82, 2.24) is 15.0 Å². The predicted molar refractivity (Wildman–Crippen MR) is 110 cm³/mol. The van der Waals surface area contributed by atoms with Crippen molar-refractivity contribution in [1.29, 1.82) is 0 Å². The lowest BCUT2D eigenvalue weighted by Gasteiger charge is -2.21. The molecule has 0 spiro atoms. The van der Waals surface area contributed by atoms with Crippen molar-refractivity contribution in [3.63, 3.8) is 0 Å². The molecular formula is C22H22ClN3O3. The number of methoxy groups -OCH3 is 1. The fourth-order valence-corrected chi connectivity index (χ4v) is 3.85. The third-order valence-electron chi connectivity index (χ3n) is 5.20. The molecule has 4 rings (SSSR count). The molecule has 29 heavy (non-hydrogen) atoms. The van der Waals surface area contributed by atoms with Gasteiger partial charge in [0, 0.05) is 18.5 Å². The first-order valence-electron chi connectivity index (χ1n) is 9.66. The number of hydrogen-bond donors (Lipinski definition) is 0. The predicted octanol–water partition coefficient (Wildman–Crippen LogP) is 4.69. The molecule has 0 aliphatic carbocycles. The zero-order valence-electron chi connectivity index (χ0n) is 16.2. The molecule has 1 atom stereocenters. The van der Waals surface area contributed by atoms with Crippen molar-refractivity contribution in [2.24, 2.45) is 0 Å². The van der Waals surface area contributed by atoms with Gasteiger partial charge in [0.1, 0.15) is 11.8 Å². The number of halogens is 1. The molecule has 1 fully saturated rings. The molecule has 6 nitrogen and oxygen atoms in total. The van der Waals surface area contributed by atoms with E-state index < -0.39 is 0 Å². The first kappa shape index (κ1) is 19.5. The molecule has 150 valence electrons. The summed E-state index contributed by atoms with van der Waals surface area (Å²) in [6.07, 6.45) is 2.86. The Labute approximate surface area is 174 Å². The SMILES string of the molecule is COc1ccc(CCC(=O)N2CCC[C@@H]2c2nc(-c3ccccc3Cl)no2)cc1. The molecule has 1 aromatic heterocycles. The van der Waals surface area contributed by atoms with E-state index in [4.69, 9.17) is 20.9 Å². The van der Waals surface area contributed by atoms with Gasteiger partial charge >= 0.3 is 0 Å².